The predicted octanol–water partition coefficient (Wildman–Crippen LogP) is 3.48. The average molecular weight is 296 g/mol. The summed E-state index contributed by atoms with van der Waals surface area (Å²) < 4.78 is 37.2. The molecule has 1 aromatic rings. The third-order valence-electron chi connectivity index (χ3n) is 2.47. The largest absolute Gasteiger partial charge is 0.406 e. The van der Waals surface area contributed by atoms with Gasteiger partial charge in [0.1, 0.15) is 11.9 Å². The second-order valence-electron chi connectivity index (χ2n) is 3.85. The minimum Gasteiger partial charge on any atom is -0.317 e. The van der Waals surface area contributed by atoms with Crippen molar-refractivity contribution >= 4 is 29.3 Å². The lowest BCUT2D eigenvalue weighted by Crippen LogP contribution is -2.37. The van der Waals surface area contributed by atoms with Gasteiger partial charge < -0.3 is 4.90 Å². The van der Waals surface area contributed by atoms with E-state index in [9.17, 15) is 18.0 Å². The minimum absolute atomic E-state index is 0.0728. The van der Waals surface area contributed by atoms with Crippen molar-refractivity contribution in [2.75, 3.05) is 12.3 Å². The first-order chi connectivity index (χ1) is 8.37. The van der Waals surface area contributed by atoms with E-state index in [1.54, 1.807) is 24.3 Å². The summed E-state index contributed by atoms with van der Waals surface area (Å²) in [4.78, 5) is 12.3. The fraction of sp³-hybridized carbons (Fsp3) is 0.364. The van der Waals surface area contributed by atoms with Crippen LogP contribution in [0, 0.1) is 0 Å². The van der Waals surface area contributed by atoms with Gasteiger partial charge in [0.25, 0.3) is 0 Å². The Hall–Kier alpha value is -0.880. The second kappa shape index (κ2) is 5.01. The molecule has 1 heterocycles. The SMILES string of the molecule is O=C1CS[C@@H](c2ccc(Cl)cc2)N1CC(F)(F)F. The lowest BCUT2D eigenvalue weighted by Gasteiger charge is -2.25. The van der Waals surface area contributed by atoms with Crippen molar-refractivity contribution in [3.05, 3.63) is 34.9 Å². The normalized spacial score (nSPS) is 20.6. The van der Waals surface area contributed by atoms with Crippen LogP contribution in [0.1, 0.15) is 10.9 Å². The minimum atomic E-state index is -4.38. The van der Waals surface area contributed by atoms with Gasteiger partial charge in [-0.05, 0) is 17.7 Å². The number of hydrogen-bond acceptors (Lipinski definition) is 2. The van der Waals surface area contributed by atoms with Gasteiger partial charge in [0.05, 0.1) is 5.75 Å². The first-order valence-electron chi connectivity index (χ1n) is 5.10. The van der Waals surface area contributed by atoms with E-state index in [-0.39, 0.29) is 5.75 Å². The third-order valence-corrected chi connectivity index (χ3v) is 3.98. The summed E-state index contributed by atoms with van der Waals surface area (Å²) in [5.74, 6) is -0.416. The van der Waals surface area contributed by atoms with Crippen LogP contribution < -0.4 is 0 Å². The highest BCUT2D eigenvalue weighted by Gasteiger charge is 2.40. The molecule has 2 nitrogen and oxygen atoms in total. The Morgan fingerprint density at radius 2 is 1.94 bits per heavy atom. The van der Waals surface area contributed by atoms with Crippen molar-refractivity contribution < 1.29 is 18.0 Å². The quantitative estimate of drug-likeness (QED) is 0.832. The molecule has 1 aliphatic rings. The maximum Gasteiger partial charge on any atom is 0.406 e. The topological polar surface area (TPSA) is 20.3 Å². The van der Waals surface area contributed by atoms with Crippen LogP contribution in [0.25, 0.3) is 0 Å². The number of nitrogens with zero attached hydrogens (tertiary/aromatic N) is 1. The molecule has 1 aliphatic heterocycles. The highest BCUT2D eigenvalue weighted by atomic mass is 35.5. The highest BCUT2D eigenvalue weighted by molar-refractivity contribution is 8.00. The Kier molecular flexibility index (Phi) is 3.77. The molecule has 1 atom stereocenters. The van der Waals surface area contributed by atoms with Crippen molar-refractivity contribution in [2.45, 2.75) is 11.6 Å². The number of thioether (sulfide) groups is 1. The van der Waals surface area contributed by atoms with Gasteiger partial charge in [0.2, 0.25) is 5.91 Å². The first-order valence-corrected chi connectivity index (χ1v) is 6.53. The van der Waals surface area contributed by atoms with Gasteiger partial charge >= 0.3 is 6.18 Å². The summed E-state index contributed by atoms with van der Waals surface area (Å²) in [7, 11) is 0. The molecule has 0 spiro atoms. The van der Waals surface area contributed by atoms with E-state index in [0.29, 0.717) is 10.6 Å². The summed E-state index contributed by atoms with van der Waals surface area (Å²) in [6, 6.07) is 6.49. The molecule has 1 amide bonds. The number of benzene rings is 1. The van der Waals surface area contributed by atoms with Crippen LogP contribution in [0.5, 0.6) is 0 Å². The summed E-state index contributed by atoms with van der Waals surface area (Å²) in [5.41, 5.74) is 0.652. The second-order valence-corrected chi connectivity index (χ2v) is 5.36. The molecule has 18 heavy (non-hydrogen) atoms. The standard InChI is InChI=1S/C11H9ClF3NOS/c12-8-3-1-7(2-4-8)10-16(6-11(13,14)15)9(17)5-18-10/h1-4,10H,5-6H2/t10-/m0/s1. The molecule has 1 fully saturated rings. The third kappa shape index (κ3) is 3.11. The van der Waals surface area contributed by atoms with Gasteiger partial charge in [-0.2, -0.15) is 13.2 Å². The van der Waals surface area contributed by atoms with E-state index in [4.69, 9.17) is 11.6 Å². The van der Waals surface area contributed by atoms with E-state index < -0.39 is 24.0 Å². The molecule has 0 unspecified atom stereocenters. The molecule has 0 aliphatic carbocycles. The number of alkyl halides is 3. The first kappa shape index (κ1) is 13.5. The van der Waals surface area contributed by atoms with Gasteiger partial charge in [-0.3, -0.25) is 4.79 Å². The van der Waals surface area contributed by atoms with E-state index in [1.165, 1.54) is 11.8 Å². The summed E-state index contributed by atoms with van der Waals surface area (Å²) in [6.45, 7) is -1.22. The fourth-order valence-electron chi connectivity index (χ4n) is 1.72. The smallest absolute Gasteiger partial charge is 0.317 e. The fourth-order valence-corrected chi connectivity index (χ4v) is 3.04. The number of carbonyl (C=O) groups is 1. The van der Waals surface area contributed by atoms with Crippen molar-refractivity contribution in [3.63, 3.8) is 0 Å². The Morgan fingerprint density at radius 1 is 1.33 bits per heavy atom. The average Bonchev–Trinajstić information content (AvgIpc) is 2.60. The summed E-state index contributed by atoms with van der Waals surface area (Å²) >= 11 is 6.91. The van der Waals surface area contributed by atoms with E-state index in [0.717, 1.165) is 4.90 Å². The number of rotatable bonds is 2. The highest BCUT2D eigenvalue weighted by Crippen LogP contribution is 2.40. The molecular formula is C11H9ClF3NOS. The molecule has 2 rings (SSSR count). The van der Waals surface area contributed by atoms with Crippen LogP contribution in [0.3, 0.4) is 0 Å². The zero-order chi connectivity index (χ0) is 13.3. The monoisotopic (exact) mass is 295 g/mol. The lowest BCUT2D eigenvalue weighted by atomic mass is 10.2. The molecular weight excluding hydrogens is 287 g/mol. The molecule has 7 heteroatoms. The molecule has 0 radical (unpaired) electrons. The van der Waals surface area contributed by atoms with Crippen molar-refractivity contribution in [1.29, 1.82) is 0 Å². The van der Waals surface area contributed by atoms with Crippen molar-refractivity contribution in [2.24, 2.45) is 0 Å². The molecule has 0 bridgehead atoms. The predicted molar refractivity (Wildman–Crippen MR) is 64.4 cm³/mol. The van der Waals surface area contributed by atoms with Crippen LogP contribution >= 0.6 is 23.4 Å². The van der Waals surface area contributed by atoms with Crippen LogP contribution in [-0.2, 0) is 4.79 Å². The van der Waals surface area contributed by atoms with E-state index in [1.807, 2.05) is 0 Å². The molecule has 1 saturated heterocycles. The number of halogens is 4. The van der Waals surface area contributed by atoms with Crippen molar-refractivity contribution in [3.8, 4) is 0 Å². The van der Waals surface area contributed by atoms with E-state index in [2.05, 4.69) is 0 Å². The van der Waals surface area contributed by atoms with Gasteiger partial charge in [0.15, 0.2) is 0 Å². The van der Waals surface area contributed by atoms with Gasteiger partial charge in [-0.1, -0.05) is 23.7 Å². The summed E-state index contributed by atoms with van der Waals surface area (Å²) in [5, 5.41) is -0.0770. The number of amides is 1. The summed E-state index contributed by atoms with van der Waals surface area (Å²) in [6.07, 6.45) is -4.38. The Morgan fingerprint density at radius 3 is 2.50 bits per heavy atom. The van der Waals surface area contributed by atoms with Crippen LogP contribution in [0.2, 0.25) is 5.02 Å². The Balaban J connectivity index is 2.21. The number of carbonyl (C=O) groups excluding carboxylic acids is 1. The maximum absolute atomic E-state index is 12.4. The lowest BCUT2D eigenvalue weighted by molar-refractivity contribution is -0.159. The number of hydrogen-bond donors (Lipinski definition) is 0. The molecule has 98 valence electrons. The maximum atomic E-state index is 12.4. The van der Waals surface area contributed by atoms with Gasteiger partial charge in [-0.15, -0.1) is 11.8 Å². The Bertz CT molecular complexity index is 449. The molecule has 0 N–H and O–H groups in total. The Labute approximate surface area is 111 Å². The van der Waals surface area contributed by atoms with Crippen LogP contribution in [0.15, 0.2) is 24.3 Å². The van der Waals surface area contributed by atoms with Crippen molar-refractivity contribution in [1.82, 2.24) is 4.90 Å². The zero-order valence-electron chi connectivity index (χ0n) is 9.08. The van der Waals surface area contributed by atoms with Crippen LogP contribution in [0.4, 0.5) is 13.2 Å². The van der Waals surface area contributed by atoms with Gasteiger partial charge in [-0.25, -0.2) is 0 Å². The molecule has 0 aromatic heterocycles. The van der Waals surface area contributed by atoms with E-state index >= 15 is 0 Å². The molecule has 0 saturated carbocycles. The zero-order valence-corrected chi connectivity index (χ0v) is 10.6. The van der Waals surface area contributed by atoms with Crippen LogP contribution in [-0.4, -0.2) is 29.3 Å². The molecule has 1 aromatic carbocycles. The van der Waals surface area contributed by atoms with Gasteiger partial charge in [0, 0.05) is 5.02 Å².